The molecule has 1 rings (SSSR count). The lowest BCUT2D eigenvalue weighted by molar-refractivity contribution is 0.811. The predicted octanol–water partition coefficient (Wildman–Crippen LogP) is 1.71. The van der Waals surface area contributed by atoms with Crippen LogP contribution >= 0.6 is 22.6 Å². The second kappa shape index (κ2) is 4.01. The Morgan fingerprint density at radius 2 is 2.36 bits per heavy atom. The average molecular weight is 262 g/mol. The first-order valence-corrected chi connectivity index (χ1v) is 4.57. The third-order valence-electron chi connectivity index (χ3n) is 1.45. The molecule has 2 nitrogen and oxygen atoms in total. The van der Waals surface area contributed by atoms with Crippen LogP contribution in [0.2, 0.25) is 0 Å². The van der Waals surface area contributed by atoms with Gasteiger partial charge in [-0.15, -0.1) is 0 Å². The number of hydrogen-bond donors (Lipinski definition) is 1. The third-order valence-corrected chi connectivity index (χ3v) is 2.58. The number of aryl methyl sites for hydroxylation is 1. The Labute approximate surface area is 80.6 Å². The second-order valence-corrected chi connectivity index (χ2v) is 3.50. The highest BCUT2D eigenvalue weighted by atomic mass is 127. The summed E-state index contributed by atoms with van der Waals surface area (Å²) >= 11 is 2.24. The lowest BCUT2D eigenvalue weighted by Crippen LogP contribution is -2.05. The first kappa shape index (κ1) is 8.93. The van der Waals surface area contributed by atoms with Crippen molar-refractivity contribution in [1.29, 1.82) is 0 Å². The van der Waals surface area contributed by atoms with E-state index in [0.717, 1.165) is 10.2 Å². The molecule has 1 heterocycles. The van der Waals surface area contributed by atoms with E-state index in [1.165, 1.54) is 11.1 Å². The molecule has 0 fully saturated rings. The number of pyridine rings is 1. The van der Waals surface area contributed by atoms with Crippen molar-refractivity contribution in [3.63, 3.8) is 0 Å². The molecule has 11 heavy (non-hydrogen) atoms. The van der Waals surface area contributed by atoms with Gasteiger partial charge in [0.15, 0.2) is 0 Å². The normalized spacial score (nSPS) is 10.1. The fourth-order valence-electron chi connectivity index (χ4n) is 0.917. The molecule has 0 saturated heterocycles. The fraction of sp³-hybridized carbons (Fsp3) is 0.375. The van der Waals surface area contributed by atoms with Crippen LogP contribution in [0, 0.1) is 10.6 Å². The van der Waals surface area contributed by atoms with Crippen LogP contribution in [0.4, 0.5) is 0 Å². The van der Waals surface area contributed by atoms with E-state index in [-0.39, 0.29) is 0 Å². The Morgan fingerprint density at radius 3 is 2.91 bits per heavy atom. The van der Waals surface area contributed by atoms with E-state index < -0.39 is 0 Å². The zero-order valence-corrected chi connectivity index (χ0v) is 8.84. The van der Waals surface area contributed by atoms with Crippen molar-refractivity contribution in [2.75, 3.05) is 7.05 Å². The molecule has 0 spiro atoms. The maximum atomic E-state index is 4.24. The molecule has 0 aliphatic rings. The van der Waals surface area contributed by atoms with Gasteiger partial charge in [0, 0.05) is 12.7 Å². The van der Waals surface area contributed by atoms with Gasteiger partial charge in [-0.3, -0.25) is 0 Å². The van der Waals surface area contributed by atoms with Gasteiger partial charge in [-0.25, -0.2) is 4.98 Å². The van der Waals surface area contributed by atoms with Crippen LogP contribution in [0.5, 0.6) is 0 Å². The summed E-state index contributed by atoms with van der Waals surface area (Å²) in [6.07, 6.45) is 1.91. The van der Waals surface area contributed by atoms with Crippen LogP contribution in [0.1, 0.15) is 11.1 Å². The molecular formula is C8H11IN2. The summed E-state index contributed by atoms with van der Waals surface area (Å²) in [6, 6.07) is 2.16. The number of aromatic nitrogens is 1. The molecule has 1 N–H and O–H groups in total. The van der Waals surface area contributed by atoms with Gasteiger partial charge in [0.05, 0.1) is 0 Å². The Balaban J connectivity index is 2.86. The number of halogens is 1. The van der Waals surface area contributed by atoms with E-state index in [1.54, 1.807) is 0 Å². The predicted molar refractivity (Wildman–Crippen MR) is 54.5 cm³/mol. The molecular weight excluding hydrogens is 251 g/mol. The highest BCUT2D eigenvalue weighted by Crippen LogP contribution is 2.09. The van der Waals surface area contributed by atoms with Crippen LogP contribution in [-0.4, -0.2) is 12.0 Å². The second-order valence-electron chi connectivity index (χ2n) is 2.48. The Kier molecular flexibility index (Phi) is 3.26. The molecule has 0 saturated carbocycles. The topological polar surface area (TPSA) is 24.9 Å². The van der Waals surface area contributed by atoms with Crippen LogP contribution < -0.4 is 5.32 Å². The van der Waals surface area contributed by atoms with Gasteiger partial charge >= 0.3 is 0 Å². The molecule has 0 bridgehead atoms. The largest absolute Gasteiger partial charge is 0.316 e. The molecule has 1 aromatic rings. The molecule has 60 valence electrons. The smallest absolute Gasteiger partial charge is 0.104 e. The van der Waals surface area contributed by atoms with Gasteiger partial charge in [-0.2, -0.15) is 0 Å². The Morgan fingerprint density at radius 1 is 1.64 bits per heavy atom. The lowest BCUT2D eigenvalue weighted by Gasteiger charge is -2.01. The van der Waals surface area contributed by atoms with Gasteiger partial charge in [0.1, 0.15) is 3.70 Å². The molecule has 0 unspecified atom stereocenters. The van der Waals surface area contributed by atoms with E-state index in [0.29, 0.717) is 0 Å². The summed E-state index contributed by atoms with van der Waals surface area (Å²) < 4.78 is 1.09. The monoisotopic (exact) mass is 262 g/mol. The number of rotatable bonds is 2. The van der Waals surface area contributed by atoms with Crippen LogP contribution in [0.15, 0.2) is 12.3 Å². The van der Waals surface area contributed by atoms with Crippen molar-refractivity contribution in [2.45, 2.75) is 13.5 Å². The first-order valence-electron chi connectivity index (χ1n) is 3.49. The zero-order chi connectivity index (χ0) is 8.27. The van der Waals surface area contributed by atoms with Crippen molar-refractivity contribution in [3.05, 3.63) is 27.1 Å². The molecule has 1 aromatic heterocycles. The maximum Gasteiger partial charge on any atom is 0.104 e. The molecule has 0 aliphatic heterocycles. The highest BCUT2D eigenvalue weighted by Gasteiger charge is 1.96. The van der Waals surface area contributed by atoms with Crippen molar-refractivity contribution in [3.8, 4) is 0 Å². The minimum atomic E-state index is 0.894. The zero-order valence-electron chi connectivity index (χ0n) is 6.69. The fourth-order valence-corrected chi connectivity index (χ4v) is 1.21. The van der Waals surface area contributed by atoms with Crippen LogP contribution in [0.25, 0.3) is 0 Å². The van der Waals surface area contributed by atoms with Crippen molar-refractivity contribution < 1.29 is 0 Å². The minimum Gasteiger partial charge on any atom is -0.316 e. The summed E-state index contributed by atoms with van der Waals surface area (Å²) in [7, 11) is 1.94. The van der Waals surface area contributed by atoms with Crippen molar-refractivity contribution in [2.24, 2.45) is 0 Å². The summed E-state index contributed by atoms with van der Waals surface area (Å²) in [5.74, 6) is 0. The van der Waals surface area contributed by atoms with E-state index in [4.69, 9.17) is 0 Å². The quantitative estimate of drug-likeness (QED) is 0.648. The Hall–Kier alpha value is -0.160. The minimum absolute atomic E-state index is 0.894. The lowest BCUT2D eigenvalue weighted by atomic mass is 10.2. The summed E-state index contributed by atoms with van der Waals surface area (Å²) in [5.41, 5.74) is 2.49. The van der Waals surface area contributed by atoms with Crippen molar-refractivity contribution >= 4 is 22.6 Å². The standard InChI is InChI=1S/C8H11IN2/c1-6-3-7(4-10-2)5-11-8(6)9/h3,5,10H,4H2,1-2H3. The average Bonchev–Trinajstić information content (AvgIpc) is 1.98. The maximum absolute atomic E-state index is 4.24. The number of hydrogen-bond acceptors (Lipinski definition) is 2. The molecule has 3 heteroatoms. The van der Waals surface area contributed by atoms with Gasteiger partial charge in [0.2, 0.25) is 0 Å². The van der Waals surface area contributed by atoms with E-state index >= 15 is 0 Å². The van der Waals surface area contributed by atoms with Crippen molar-refractivity contribution in [1.82, 2.24) is 10.3 Å². The van der Waals surface area contributed by atoms with Gasteiger partial charge in [-0.05, 0) is 47.7 Å². The third kappa shape index (κ3) is 2.41. The van der Waals surface area contributed by atoms with Gasteiger partial charge in [0.25, 0.3) is 0 Å². The summed E-state index contributed by atoms with van der Waals surface area (Å²) in [6.45, 7) is 2.97. The van der Waals surface area contributed by atoms with Gasteiger partial charge < -0.3 is 5.32 Å². The number of nitrogens with one attached hydrogen (secondary N) is 1. The molecule has 0 aliphatic carbocycles. The molecule has 0 amide bonds. The SMILES string of the molecule is CNCc1cnc(I)c(C)c1. The molecule has 0 radical (unpaired) electrons. The molecule has 0 atom stereocenters. The van der Waals surface area contributed by atoms with Gasteiger partial charge in [-0.1, -0.05) is 6.07 Å². The van der Waals surface area contributed by atoms with E-state index in [1.807, 2.05) is 13.2 Å². The van der Waals surface area contributed by atoms with E-state index in [9.17, 15) is 0 Å². The number of nitrogens with zero attached hydrogens (tertiary/aromatic N) is 1. The summed E-state index contributed by atoms with van der Waals surface area (Å²) in [5, 5.41) is 3.09. The molecule has 0 aromatic carbocycles. The van der Waals surface area contributed by atoms with E-state index in [2.05, 4.69) is 45.9 Å². The summed E-state index contributed by atoms with van der Waals surface area (Å²) in [4.78, 5) is 4.24. The first-order chi connectivity index (χ1) is 5.24. The van der Waals surface area contributed by atoms with Crippen LogP contribution in [0.3, 0.4) is 0 Å². The van der Waals surface area contributed by atoms with Crippen LogP contribution in [-0.2, 0) is 6.54 Å². The Bertz CT molecular complexity index is 248. The highest BCUT2D eigenvalue weighted by molar-refractivity contribution is 14.1.